The van der Waals surface area contributed by atoms with E-state index in [-0.39, 0.29) is 36.2 Å². The molecule has 1 aliphatic carbocycles. The molecular formula is C25H29N5O4S2. The number of esters is 1. The molecule has 2 N–H and O–H groups in total. The first-order chi connectivity index (χ1) is 17.4. The number of carbonyl (C=O) groups is 3. The first-order valence-corrected chi connectivity index (χ1v) is 13.7. The van der Waals surface area contributed by atoms with Crippen LogP contribution in [0.1, 0.15) is 69.7 Å². The molecule has 1 aromatic carbocycles. The summed E-state index contributed by atoms with van der Waals surface area (Å²) in [6.45, 7) is 3.89. The molecule has 0 radical (unpaired) electrons. The minimum absolute atomic E-state index is 0.0988. The molecule has 0 saturated carbocycles. The van der Waals surface area contributed by atoms with Crippen molar-refractivity contribution in [2.75, 3.05) is 17.7 Å². The molecule has 0 saturated heterocycles. The number of rotatable bonds is 9. The monoisotopic (exact) mass is 527 g/mol. The number of aryl methyl sites for hydroxylation is 1. The summed E-state index contributed by atoms with van der Waals surface area (Å²) >= 11 is 2.71. The number of hydrogen-bond donors (Lipinski definition) is 2. The van der Waals surface area contributed by atoms with Gasteiger partial charge in [-0.3, -0.25) is 9.59 Å². The third kappa shape index (κ3) is 5.79. The zero-order valence-corrected chi connectivity index (χ0v) is 22.1. The van der Waals surface area contributed by atoms with E-state index in [1.165, 1.54) is 23.1 Å². The molecule has 0 bridgehead atoms. The van der Waals surface area contributed by atoms with E-state index in [1.54, 1.807) is 30.7 Å². The van der Waals surface area contributed by atoms with Crippen LogP contribution in [-0.4, -0.2) is 44.9 Å². The normalized spacial score (nSPS) is 13.5. The van der Waals surface area contributed by atoms with Crippen LogP contribution in [0.2, 0.25) is 0 Å². The Morgan fingerprint density at radius 3 is 2.67 bits per heavy atom. The van der Waals surface area contributed by atoms with Gasteiger partial charge in [0.05, 0.1) is 24.0 Å². The van der Waals surface area contributed by atoms with Gasteiger partial charge in [-0.1, -0.05) is 30.0 Å². The fraction of sp³-hybridized carbons (Fsp3) is 0.400. The summed E-state index contributed by atoms with van der Waals surface area (Å²) in [5.74, 6) is -0.140. The van der Waals surface area contributed by atoms with Crippen molar-refractivity contribution in [2.24, 2.45) is 7.05 Å². The van der Waals surface area contributed by atoms with Crippen molar-refractivity contribution in [3.63, 3.8) is 0 Å². The second kappa shape index (κ2) is 11.7. The van der Waals surface area contributed by atoms with Crippen LogP contribution >= 0.6 is 23.1 Å². The maximum absolute atomic E-state index is 12.8. The number of amides is 2. The first kappa shape index (κ1) is 25.9. The van der Waals surface area contributed by atoms with Gasteiger partial charge in [0.15, 0.2) is 11.0 Å². The van der Waals surface area contributed by atoms with Crippen molar-refractivity contribution in [3.05, 3.63) is 57.7 Å². The Kier molecular flexibility index (Phi) is 8.42. The minimum atomic E-state index is -0.385. The maximum Gasteiger partial charge on any atom is 0.341 e. The summed E-state index contributed by atoms with van der Waals surface area (Å²) in [4.78, 5) is 39.0. The quantitative estimate of drug-likeness (QED) is 0.317. The third-order valence-corrected chi connectivity index (χ3v) is 8.10. The number of hydrogen-bond acceptors (Lipinski definition) is 8. The number of thioether (sulfide) groups is 1. The molecule has 0 fully saturated rings. The SMILES string of the molecule is CCOC(=O)c1c(NC(=O)CSc2nnc([C@@H](C)NC(=O)c3ccccc3)n2C)sc2c1CCCC2. The zero-order chi connectivity index (χ0) is 25.7. The van der Waals surface area contributed by atoms with Crippen molar-refractivity contribution in [1.82, 2.24) is 20.1 Å². The van der Waals surface area contributed by atoms with Crippen molar-refractivity contribution in [2.45, 2.75) is 50.7 Å². The molecule has 36 heavy (non-hydrogen) atoms. The van der Waals surface area contributed by atoms with Gasteiger partial charge in [-0.05, 0) is 57.2 Å². The molecule has 0 spiro atoms. The number of nitrogens with zero attached hydrogens (tertiary/aromatic N) is 3. The Morgan fingerprint density at radius 1 is 1.17 bits per heavy atom. The Hall–Kier alpha value is -3.18. The average molecular weight is 528 g/mol. The second-order valence-electron chi connectivity index (χ2n) is 8.43. The number of carbonyl (C=O) groups excluding carboxylic acids is 3. The summed E-state index contributed by atoms with van der Waals surface area (Å²) in [6, 6.07) is 8.59. The molecule has 11 heteroatoms. The number of aromatic nitrogens is 3. The van der Waals surface area contributed by atoms with E-state index < -0.39 is 0 Å². The molecule has 2 aromatic heterocycles. The van der Waals surface area contributed by atoms with E-state index in [0.29, 0.717) is 27.1 Å². The van der Waals surface area contributed by atoms with Crippen LogP contribution in [0.5, 0.6) is 0 Å². The van der Waals surface area contributed by atoms with Crippen LogP contribution < -0.4 is 10.6 Å². The summed E-state index contributed by atoms with van der Waals surface area (Å²) < 4.78 is 7.03. The van der Waals surface area contributed by atoms with Gasteiger partial charge in [0.1, 0.15) is 5.00 Å². The zero-order valence-electron chi connectivity index (χ0n) is 20.5. The second-order valence-corrected chi connectivity index (χ2v) is 10.5. The average Bonchev–Trinajstić information content (AvgIpc) is 3.43. The van der Waals surface area contributed by atoms with Crippen molar-refractivity contribution < 1.29 is 19.1 Å². The predicted octanol–water partition coefficient (Wildman–Crippen LogP) is 4.15. The fourth-order valence-electron chi connectivity index (χ4n) is 4.13. The van der Waals surface area contributed by atoms with Crippen LogP contribution in [-0.2, 0) is 29.4 Å². The lowest BCUT2D eigenvalue weighted by molar-refractivity contribution is -0.113. The number of ether oxygens (including phenoxy) is 1. The van der Waals surface area contributed by atoms with Gasteiger partial charge in [0.25, 0.3) is 5.91 Å². The standard InChI is InChI=1S/C25H29N5O4S2/c1-4-34-24(33)20-17-12-8-9-13-18(17)36-23(20)27-19(31)14-35-25-29-28-21(30(25)3)15(2)26-22(32)16-10-6-5-7-11-16/h5-7,10-11,15H,4,8-9,12-14H2,1-3H3,(H,26,32)(H,27,31)/t15-/m1/s1. The lowest BCUT2D eigenvalue weighted by Gasteiger charge is -2.13. The third-order valence-electron chi connectivity index (χ3n) is 5.88. The van der Waals surface area contributed by atoms with Gasteiger partial charge in [-0.15, -0.1) is 21.5 Å². The minimum Gasteiger partial charge on any atom is -0.462 e. The van der Waals surface area contributed by atoms with Crippen LogP contribution in [0.15, 0.2) is 35.5 Å². The highest BCUT2D eigenvalue weighted by Gasteiger charge is 2.27. The van der Waals surface area contributed by atoms with Crippen LogP contribution in [0.4, 0.5) is 5.00 Å². The molecule has 2 amide bonds. The number of fused-ring (bicyclic) bond motifs is 1. The van der Waals surface area contributed by atoms with E-state index >= 15 is 0 Å². The molecule has 1 aliphatic rings. The van der Waals surface area contributed by atoms with E-state index in [9.17, 15) is 14.4 Å². The number of benzene rings is 1. The van der Waals surface area contributed by atoms with E-state index in [2.05, 4.69) is 20.8 Å². The predicted molar refractivity (Wildman–Crippen MR) is 140 cm³/mol. The molecule has 9 nitrogen and oxygen atoms in total. The summed E-state index contributed by atoms with van der Waals surface area (Å²) in [7, 11) is 1.80. The first-order valence-electron chi connectivity index (χ1n) is 11.9. The fourth-order valence-corrected chi connectivity index (χ4v) is 6.14. The molecule has 2 heterocycles. The number of nitrogens with one attached hydrogen (secondary N) is 2. The van der Waals surface area contributed by atoms with Crippen molar-refractivity contribution >= 4 is 45.9 Å². The molecule has 0 unspecified atom stereocenters. The Bertz CT molecular complexity index is 1250. The highest BCUT2D eigenvalue weighted by Crippen LogP contribution is 2.38. The van der Waals surface area contributed by atoms with Crippen LogP contribution in [0.3, 0.4) is 0 Å². The Labute approximate surface area is 218 Å². The topological polar surface area (TPSA) is 115 Å². The Morgan fingerprint density at radius 2 is 1.92 bits per heavy atom. The molecular weight excluding hydrogens is 498 g/mol. The molecule has 3 aromatic rings. The van der Waals surface area contributed by atoms with Gasteiger partial charge in [0, 0.05) is 17.5 Å². The summed E-state index contributed by atoms with van der Waals surface area (Å²) in [5.41, 5.74) is 2.08. The van der Waals surface area contributed by atoms with Gasteiger partial charge in [0.2, 0.25) is 5.91 Å². The van der Waals surface area contributed by atoms with Gasteiger partial charge >= 0.3 is 5.97 Å². The van der Waals surface area contributed by atoms with Gasteiger partial charge < -0.3 is 19.9 Å². The molecule has 0 aliphatic heterocycles. The van der Waals surface area contributed by atoms with Gasteiger partial charge in [-0.25, -0.2) is 4.79 Å². The lowest BCUT2D eigenvalue weighted by Crippen LogP contribution is -2.28. The summed E-state index contributed by atoms with van der Waals surface area (Å²) in [5, 5.41) is 15.4. The highest BCUT2D eigenvalue weighted by atomic mass is 32.2. The van der Waals surface area contributed by atoms with E-state index in [4.69, 9.17) is 4.74 Å². The highest BCUT2D eigenvalue weighted by molar-refractivity contribution is 7.99. The Balaban J connectivity index is 1.39. The number of thiophene rings is 1. The smallest absolute Gasteiger partial charge is 0.341 e. The van der Waals surface area contributed by atoms with Crippen LogP contribution in [0.25, 0.3) is 0 Å². The largest absolute Gasteiger partial charge is 0.462 e. The van der Waals surface area contributed by atoms with Crippen molar-refractivity contribution in [1.29, 1.82) is 0 Å². The van der Waals surface area contributed by atoms with E-state index in [1.807, 2.05) is 25.1 Å². The number of anilines is 1. The summed E-state index contributed by atoms with van der Waals surface area (Å²) in [6.07, 6.45) is 3.85. The molecule has 190 valence electrons. The van der Waals surface area contributed by atoms with Crippen molar-refractivity contribution in [3.8, 4) is 0 Å². The molecule has 1 atom stereocenters. The van der Waals surface area contributed by atoms with Crippen LogP contribution in [0, 0.1) is 0 Å². The molecule has 4 rings (SSSR count). The lowest BCUT2D eigenvalue weighted by atomic mass is 9.95. The van der Waals surface area contributed by atoms with Gasteiger partial charge in [-0.2, -0.15) is 0 Å². The maximum atomic E-state index is 12.8. The van der Waals surface area contributed by atoms with E-state index in [0.717, 1.165) is 36.1 Å².